The van der Waals surface area contributed by atoms with E-state index in [2.05, 4.69) is 27.6 Å². The van der Waals surface area contributed by atoms with Crippen molar-refractivity contribution in [3.63, 3.8) is 0 Å². The average Bonchev–Trinajstić information content (AvgIpc) is 2.50. The fourth-order valence-electron chi connectivity index (χ4n) is 1.51. The van der Waals surface area contributed by atoms with E-state index in [4.69, 9.17) is 4.74 Å². The van der Waals surface area contributed by atoms with E-state index in [1.807, 2.05) is 32.9 Å². The zero-order valence-corrected chi connectivity index (χ0v) is 12.1. The van der Waals surface area contributed by atoms with Crippen LogP contribution >= 0.6 is 22.6 Å². The Labute approximate surface area is 113 Å². The molecule has 0 spiro atoms. The van der Waals surface area contributed by atoms with E-state index in [9.17, 15) is 4.79 Å². The molecule has 0 N–H and O–H groups in total. The van der Waals surface area contributed by atoms with E-state index < -0.39 is 5.60 Å². The lowest BCUT2D eigenvalue weighted by molar-refractivity contribution is 0.0540. The molecule has 0 atom stereocenters. The van der Waals surface area contributed by atoms with Crippen molar-refractivity contribution >= 4 is 39.6 Å². The van der Waals surface area contributed by atoms with Crippen LogP contribution in [0.5, 0.6) is 0 Å². The fraction of sp³-hybridized carbons (Fsp3) is 0.333. The van der Waals surface area contributed by atoms with Gasteiger partial charge in [0.25, 0.3) is 0 Å². The summed E-state index contributed by atoms with van der Waals surface area (Å²) in [5, 5.41) is 0.982. The maximum Gasteiger partial charge on any atom is 0.419 e. The summed E-state index contributed by atoms with van der Waals surface area (Å²) in [6.45, 7) is 5.55. The van der Waals surface area contributed by atoms with Gasteiger partial charge in [0, 0.05) is 11.6 Å². The molecule has 2 aromatic heterocycles. The molecule has 0 bridgehead atoms. The van der Waals surface area contributed by atoms with E-state index in [1.54, 1.807) is 12.4 Å². The Balaban J connectivity index is 2.48. The molecule has 0 saturated heterocycles. The maximum absolute atomic E-state index is 12.1. The van der Waals surface area contributed by atoms with Crippen LogP contribution < -0.4 is 0 Å². The van der Waals surface area contributed by atoms with Crippen molar-refractivity contribution in [2.45, 2.75) is 26.4 Å². The Morgan fingerprint density at radius 3 is 2.82 bits per heavy atom. The molecule has 4 nitrogen and oxygen atoms in total. The lowest BCUT2D eigenvalue weighted by atomic mass is 10.2. The van der Waals surface area contributed by atoms with Gasteiger partial charge in [-0.1, -0.05) is 0 Å². The smallest absolute Gasteiger partial charge is 0.419 e. The van der Waals surface area contributed by atoms with Crippen LogP contribution in [-0.4, -0.2) is 21.2 Å². The van der Waals surface area contributed by atoms with Crippen molar-refractivity contribution in [3.05, 3.63) is 28.2 Å². The molecular weight excluding hydrogens is 331 g/mol. The molecule has 0 aromatic carbocycles. The van der Waals surface area contributed by atoms with Crippen molar-refractivity contribution in [1.82, 2.24) is 9.55 Å². The topological polar surface area (TPSA) is 44.1 Å². The van der Waals surface area contributed by atoms with Gasteiger partial charge in [0.05, 0.1) is 15.4 Å². The molecule has 0 fully saturated rings. The summed E-state index contributed by atoms with van der Waals surface area (Å²) >= 11 is 2.11. The lowest BCUT2D eigenvalue weighted by Gasteiger charge is -2.20. The largest absolute Gasteiger partial charge is 0.443 e. The van der Waals surface area contributed by atoms with Gasteiger partial charge in [0.1, 0.15) is 5.60 Å². The summed E-state index contributed by atoms with van der Waals surface area (Å²) in [5.74, 6) is 0. The number of pyridine rings is 1. The molecule has 0 aliphatic carbocycles. The van der Waals surface area contributed by atoms with Gasteiger partial charge in [-0.25, -0.2) is 9.36 Å². The zero-order valence-electron chi connectivity index (χ0n) is 9.90. The summed E-state index contributed by atoms with van der Waals surface area (Å²) in [5.41, 5.74) is 0.269. The van der Waals surface area contributed by atoms with Crippen LogP contribution in [0, 0.1) is 3.70 Å². The first-order valence-corrected chi connectivity index (χ1v) is 6.31. The Morgan fingerprint density at radius 1 is 1.47 bits per heavy atom. The molecular formula is C12H13IN2O2. The van der Waals surface area contributed by atoms with Gasteiger partial charge < -0.3 is 4.74 Å². The Kier molecular flexibility index (Phi) is 3.11. The van der Waals surface area contributed by atoms with Gasteiger partial charge in [-0.15, -0.1) is 0 Å². The van der Waals surface area contributed by atoms with Gasteiger partial charge in [-0.3, -0.25) is 4.98 Å². The lowest BCUT2D eigenvalue weighted by Crippen LogP contribution is -2.27. The Bertz CT molecular complexity index is 569. The third kappa shape index (κ3) is 2.59. The van der Waals surface area contributed by atoms with Gasteiger partial charge in [0.2, 0.25) is 0 Å². The second-order valence-electron chi connectivity index (χ2n) is 4.72. The predicted octanol–water partition coefficient (Wildman–Crippen LogP) is 3.42. The average molecular weight is 344 g/mol. The van der Waals surface area contributed by atoms with Crippen LogP contribution in [0.3, 0.4) is 0 Å². The van der Waals surface area contributed by atoms with Crippen LogP contribution in [0.2, 0.25) is 0 Å². The van der Waals surface area contributed by atoms with Crippen LogP contribution in [0.1, 0.15) is 20.8 Å². The third-order valence-corrected chi connectivity index (χ3v) is 2.93. The summed E-state index contributed by atoms with van der Waals surface area (Å²) in [6, 6.07) is 3.81. The first-order valence-electron chi connectivity index (χ1n) is 5.23. The SMILES string of the molecule is CC(C)(C)OC(=O)n1c(I)cc2ccncc21. The summed E-state index contributed by atoms with van der Waals surface area (Å²) < 4.78 is 7.72. The first-order chi connectivity index (χ1) is 7.88. The number of nitrogens with zero attached hydrogens (tertiary/aromatic N) is 2. The normalized spacial score (nSPS) is 11.8. The number of halogens is 1. The molecule has 0 aliphatic heterocycles. The number of hydrogen-bond donors (Lipinski definition) is 0. The maximum atomic E-state index is 12.1. The molecule has 0 radical (unpaired) electrons. The number of aromatic nitrogens is 2. The van der Waals surface area contributed by atoms with E-state index in [0.29, 0.717) is 0 Å². The molecule has 17 heavy (non-hydrogen) atoms. The quantitative estimate of drug-likeness (QED) is 0.688. The number of ether oxygens (including phenoxy) is 1. The Morgan fingerprint density at radius 2 is 2.18 bits per heavy atom. The second kappa shape index (κ2) is 4.29. The van der Waals surface area contributed by atoms with Crippen molar-refractivity contribution in [2.75, 3.05) is 0 Å². The zero-order chi connectivity index (χ0) is 12.6. The molecule has 2 aromatic rings. The molecule has 2 heterocycles. The van der Waals surface area contributed by atoms with Crippen molar-refractivity contribution < 1.29 is 9.53 Å². The van der Waals surface area contributed by atoms with Gasteiger partial charge in [0.15, 0.2) is 0 Å². The fourth-order valence-corrected chi connectivity index (χ4v) is 2.30. The van der Waals surface area contributed by atoms with Gasteiger partial charge >= 0.3 is 6.09 Å². The molecule has 0 saturated carbocycles. The van der Waals surface area contributed by atoms with Crippen LogP contribution in [0.25, 0.3) is 10.9 Å². The van der Waals surface area contributed by atoms with E-state index in [-0.39, 0.29) is 6.09 Å². The first kappa shape index (κ1) is 12.3. The number of carbonyl (C=O) groups excluding carboxylic acids is 1. The highest BCUT2D eigenvalue weighted by Crippen LogP contribution is 2.21. The molecule has 2 rings (SSSR count). The highest BCUT2D eigenvalue weighted by Gasteiger charge is 2.21. The summed E-state index contributed by atoms with van der Waals surface area (Å²) in [4.78, 5) is 16.1. The highest BCUT2D eigenvalue weighted by atomic mass is 127. The van der Waals surface area contributed by atoms with E-state index in [1.165, 1.54) is 4.57 Å². The van der Waals surface area contributed by atoms with Crippen LogP contribution in [0.4, 0.5) is 4.79 Å². The molecule has 0 unspecified atom stereocenters. The molecule has 0 amide bonds. The van der Waals surface area contributed by atoms with Crippen molar-refractivity contribution in [2.24, 2.45) is 0 Å². The van der Waals surface area contributed by atoms with Gasteiger partial charge in [-0.05, 0) is 55.5 Å². The summed E-state index contributed by atoms with van der Waals surface area (Å²) in [6.07, 6.45) is 3.00. The number of carbonyl (C=O) groups is 1. The minimum atomic E-state index is -0.501. The van der Waals surface area contributed by atoms with E-state index in [0.717, 1.165) is 14.6 Å². The summed E-state index contributed by atoms with van der Waals surface area (Å²) in [7, 11) is 0. The van der Waals surface area contributed by atoms with Crippen molar-refractivity contribution in [1.29, 1.82) is 0 Å². The molecule has 5 heteroatoms. The second-order valence-corrected chi connectivity index (χ2v) is 5.82. The van der Waals surface area contributed by atoms with Crippen LogP contribution in [0.15, 0.2) is 24.5 Å². The van der Waals surface area contributed by atoms with E-state index >= 15 is 0 Å². The third-order valence-electron chi connectivity index (χ3n) is 2.14. The predicted molar refractivity (Wildman–Crippen MR) is 74.1 cm³/mol. The van der Waals surface area contributed by atoms with Crippen LogP contribution in [-0.2, 0) is 4.74 Å². The van der Waals surface area contributed by atoms with Gasteiger partial charge in [-0.2, -0.15) is 0 Å². The number of fused-ring (bicyclic) bond motifs is 1. The Hall–Kier alpha value is -1.11. The number of hydrogen-bond acceptors (Lipinski definition) is 3. The highest BCUT2D eigenvalue weighted by molar-refractivity contribution is 14.1. The minimum Gasteiger partial charge on any atom is -0.443 e. The molecule has 0 aliphatic rings. The minimum absolute atomic E-state index is 0.370. The standard InChI is InChI=1S/C12H13IN2O2/c1-12(2,3)17-11(16)15-9-7-14-5-4-8(9)6-10(15)13/h4-7H,1-3H3. The monoisotopic (exact) mass is 344 g/mol. The molecule has 90 valence electrons. The van der Waals surface area contributed by atoms with Crippen molar-refractivity contribution in [3.8, 4) is 0 Å². The number of rotatable bonds is 0.